The summed E-state index contributed by atoms with van der Waals surface area (Å²) in [4.78, 5) is 13.7. The molecule has 0 N–H and O–H groups in total. The number of nitrogens with zero attached hydrogens (tertiary/aromatic N) is 1. The molecule has 4 nitrogen and oxygen atoms in total. The number of amides is 1. The second-order valence-electron chi connectivity index (χ2n) is 4.64. The fourth-order valence-electron chi connectivity index (χ4n) is 2.11. The molecule has 0 aromatic rings. The molecule has 0 bridgehead atoms. The molecule has 17 heavy (non-hydrogen) atoms. The van der Waals surface area contributed by atoms with Crippen molar-refractivity contribution in [3.05, 3.63) is 0 Å². The van der Waals surface area contributed by atoms with Gasteiger partial charge in [-0.05, 0) is 25.2 Å². The van der Waals surface area contributed by atoms with Gasteiger partial charge in [0.2, 0.25) is 5.91 Å². The highest BCUT2D eigenvalue weighted by Gasteiger charge is 2.21. The number of ether oxygens (including phenoxy) is 2. The number of methoxy groups -OCH3 is 1. The van der Waals surface area contributed by atoms with Gasteiger partial charge in [-0.3, -0.25) is 4.79 Å². The lowest BCUT2D eigenvalue weighted by Gasteiger charge is -2.31. The molecule has 1 heterocycles. The van der Waals surface area contributed by atoms with Crippen molar-refractivity contribution in [1.82, 2.24) is 4.90 Å². The van der Waals surface area contributed by atoms with Gasteiger partial charge in [-0.2, -0.15) is 0 Å². The summed E-state index contributed by atoms with van der Waals surface area (Å²) in [6.45, 7) is 5.99. The van der Waals surface area contributed by atoms with Gasteiger partial charge in [-0.1, -0.05) is 6.92 Å². The molecule has 4 heteroatoms. The quantitative estimate of drug-likeness (QED) is 0.639. The van der Waals surface area contributed by atoms with Gasteiger partial charge in [-0.25, -0.2) is 0 Å². The molecule has 1 aliphatic rings. The largest absolute Gasteiger partial charge is 0.382 e. The first-order chi connectivity index (χ1) is 8.27. The van der Waals surface area contributed by atoms with Gasteiger partial charge < -0.3 is 14.4 Å². The summed E-state index contributed by atoms with van der Waals surface area (Å²) in [5, 5.41) is 0. The summed E-state index contributed by atoms with van der Waals surface area (Å²) < 4.78 is 10.5. The van der Waals surface area contributed by atoms with Gasteiger partial charge in [0.05, 0.1) is 13.2 Å². The standard InChI is InChI=1S/C13H25NO3/c1-3-4-13(15)14-7-5-12(6-8-14)11-17-10-9-16-2/h12H,3-11H2,1-2H3. The Hall–Kier alpha value is -0.610. The van der Waals surface area contributed by atoms with Crippen LogP contribution in [0.25, 0.3) is 0 Å². The highest BCUT2D eigenvalue weighted by molar-refractivity contribution is 5.76. The van der Waals surface area contributed by atoms with Crippen LogP contribution >= 0.6 is 0 Å². The van der Waals surface area contributed by atoms with E-state index < -0.39 is 0 Å². The first kappa shape index (κ1) is 14.5. The molecule has 0 unspecified atom stereocenters. The zero-order valence-corrected chi connectivity index (χ0v) is 11.1. The minimum atomic E-state index is 0.311. The highest BCUT2D eigenvalue weighted by Crippen LogP contribution is 2.18. The van der Waals surface area contributed by atoms with E-state index in [9.17, 15) is 4.79 Å². The van der Waals surface area contributed by atoms with Crippen LogP contribution in [0, 0.1) is 5.92 Å². The number of piperidine rings is 1. The van der Waals surface area contributed by atoms with Crippen molar-refractivity contribution in [2.75, 3.05) is 40.0 Å². The maximum Gasteiger partial charge on any atom is 0.222 e. The van der Waals surface area contributed by atoms with E-state index in [1.165, 1.54) is 0 Å². The second-order valence-corrected chi connectivity index (χ2v) is 4.64. The molecule has 0 radical (unpaired) electrons. The van der Waals surface area contributed by atoms with Gasteiger partial charge in [0.25, 0.3) is 0 Å². The van der Waals surface area contributed by atoms with Crippen molar-refractivity contribution in [1.29, 1.82) is 0 Å². The molecule has 1 saturated heterocycles. The van der Waals surface area contributed by atoms with Gasteiger partial charge in [0.15, 0.2) is 0 Å². The molecular formula is C13H25NO3. The van der Waals surface area contributed by atoms with E-state index in [2.05, 4.69) is 0 Å². The molecule has 1 rings (SSSR count). The number of likely N-dealkylation sites (tertiary alicyclic amines) is 1. The van der Waals surface area contributed by atoms with Gasteiger partial charge in [0, 0.05) is 33.2 Å². The Bertz CT molecular complexity index is 213. The molecule has 0 aliphatic carbocycles. The van der Waals surface area contributed by atoms with Crippen LogP contribution in [0.15, 0.2) is 0 Å². The number of hydrogen-bond acceptors (Lipinski definition) is 3. The molecule has 0 saturated carbocycles. The Kier molecular flexibility index (Phi) is 7.21. The first-order valence-electron chi connectivity index (χ1n) is 6.62. The zero-order valence-electron chi connectivity index (χ0n) is 11.1. The Labute approximate surface area is 104 Å². The monoisotopic (exact) mass is 243 g/mol. The molecule has 0 aromatic carbocycles. The van der Waals surface area contributed by atoms with E-state index in [0.29, 0.717) is 31.5 Å². The fourth-order valence-corrected chi connectivity index (χ4v) is 2.11. The third-order valence-electron chi connectivity index (χ3n) is 3.22. The van der Waals surface area contributed by atoms with E-state index in [1.54, 1.807) is 7.11 Å². The Morgan fingerprint density at radius 2 is 2.00 bits per heavy atom. The number of carbonyl (C=O) groups excluding carboxylic acids is 1. The third-order valence-corrected chi connectivity index (χ3v) is 3.22. The normalized spacial score (nSPS) is 17.4. The topological polar surface area (TPSA) is 38.8 Å². The minimum Gasteiger partial charge on any atom is -0.382 e. The average molecular weight is 243 g/mol. The van der Waals surface area contributed by atoms with Crippen molar-refractivity contribution in [2.45, 2.75) is 32.6 Å². The number of hydrogen-bond donors (Lipinski definition) is 0. The first-order valence-corrected chi connectivity index (χ1v) is 6.62. The summed E-state index contributed by atoms with van der Waals surface area (Å²) in [7, 11) is 1.68. The molecule has 1 aliphatic heterocycles. The maximum atomic E-state index is 11.7. The van der Waals surface area contributed by atoms with E-state index in [4.69, 9.17) is 9.47 Å². The van der Waals surface area contributed by atoms with E-state index >= 15 is 0 Å². The molecule has 1 amide bonds. The summed E-state index contributed by atoms with van der Waals surface area (Å²) in [6.07, 6.45) is 3.78. The third kappa shape index (κ3) is 5.50. The van der Waals surface area contributed by atoms with Crippen LogP contribution in [0.3, 0.4) is 0 Å². The van der Waals surface area contributed by atoms with Crippen molar-refractivity contribution in [3.8, 4) is 0 Å². The van der Waals surface area contributed by atoms with E-state index in [0.717, 1.165) is 39.0 Å². The predicted molar refractivity (Wildman–Crippen MR) is 66.9 cm³/mol. The lowest BCUT2D eigenvalue weighted by atomic mass is 9.97. The Morgan fingerprint density at radius 3 is 2.59 bits per heavy atom. The van der Waals surface area contributed by atoms with Crippen LogP contribution in [0.2, 0.25) is 0 Å². The molecule has 0 atom stereocenters. The summed E-state index contributed by atoms with van der Waals surface area (Å²) >= 11 is 0. The van der Waals surface area contributed by atoms with Crippen molar-refractivity contribution >= 4 is 5.91 Å². The fraction of sp³-hybridized carbons (Fsp3) is 0.923. The van der Waals surface area contributed by atoms with Crippen LogP contribution in [-0.2, 0) is 14.3 Å². The van der Waals surface area contributed by atoms with Crippen LogP contribution in [0.5, 0.6) is 0 Å². The molecular weight excluding hydrogens is 218 g/mol. The molecule has 1 fully saturated rings. The predicted octanol–water partition coefficient (Wildman–Crippen LogP) is 1.69. The Morgan fingerprint density at radius 1 is 1.29 bits per heavy atom. The molecule has 100 valence electrons. The lowest BCUT2D eigenvalue weighted by molar-refractivity contribution is -0.132. The van der Waals surface area contributed by atoms with E-state index in [1.807, 2.05) is 11.8 Å². The zero-order chi connectivity index (χ0) is 12.5. The molecule has 0 aromatic heterocycles. The lowest BCUT2D eigenvalue weighted by Crippen LogP contribution is -2.39. The van der Waals surface area contributed by atoms with Crippen LogP contribution < -0.4 is 0 Å². The van der Waals surface area contributed by atoms with Crippen LogP contribution in [0.1, 0.15) is 32.6 Å². The SMILES string of the molecule is CCCC(=O)N1CCC(COCCOC)CC1. The van der Waals surface area contributed by atoms with Gasteiger partial charge >= 0.3 is 0 Å². The van der Waals surface area contributed by atoms with E-state index in [-0.39, 0.29) is 0 Å². The average Bonchev–Trinajstić information content (AvgIpc) is 2.36. The van der Waals surface area contributed by atoms with Gasteiger partial charge in [0.1, 0.15) is 0 Å². The van der Waals surface area contributed by atoms with Crippen LogP contribution in [0.4, 0.5) is 0 Å². The molecule has 0 spiro atoms. The second kappa shape index (κ2) is 8.48. The summed E-state index contributed by atoms with van der Waals surface area (Å²) in [6, 6.07) is 0. The van der Waals surface area contributed by atoms with Crippen molar-refractivity contribution in [2.24, 2.45) is 5.92 Å². The van der Waals surface area contributed by atoms with Gasteiger partial charge in [-0.15, -0.1) is 0 Å². The highest BCUT2D eigenvalue weighted by atomic mass is 16.5. The smallest absolute Gasteiger partial charge is 0.222 e. The Balaban J connectivity index is 2.11. The van der Waals surface area contributed by atoms with Crippen molar-refractivity contribution in [3.63, 3.8) is 0 Å². The van der Waals surface area contributed by atoms with Crippen molar-refractivity contribution < 1.29 is 14.3 Å². The summed E-state index contributed by atoms with van der Waals surface area (Å²) in [5.41, 5.74) is 0. The maximum absolute atomic E-state index is 11.7. The number of rotatable bonds is 7. The van der Waals surface area contributed by atoms with Crippen LogP contribution in [-0.4, -0.2) is 50.8 Å². The summed E-state index contributed by atoms with van der Waals surface area (Å²) in [5.74, 6) is 0.920. The minimum absolute atomic E-state index is 0.311. The number of carbonyl (C=O) groups is 1.